The molecule has 1 aromatic rings. The molecule has 0 aliphatic rings. The van der Waals surface area contributed by atoms with Gasteiger partial charge < -0.3 is 15.4 Å². The molecule has 0 fully saturated rings. The number of nitrogens with two attached hydrogens (primary N) is 1. The average Bonchev–Trinajstić information content (AvgIpc) is 2.77. The highest BCUT2D eigenvalue weighted by atomic mass is 16.3. The SMILES string of the molecule is CCC(O)(CC)C(C)(C)n1ccnc1C(N)=O. The van der Waals surface area contributed by atoms with Crippen molar-refractivity contribution >= 4 is 5.91 Å². The summed E-state index contributed by atoms with van der Waals surface area (Å²) in [7, 11) is 0. The molecule has 0 saturated heterocycles. The third kappa shape index (κ3) is 2.07. The second kappa shape index (κ2) is 4.49. The van der Waals surface area contributed by atoms with E-state index in [0.717, 1.165) is 0 Å². The van der Waals surface area contributed by atoms with Crippen LogP contribution in [0.2, 0.25) is 0 Å². The summed E-state index contributed by atoms with van der Waals surface area (Å²) in [4.78, 5) is 15.2. The minimum Gasteiger partial charge on any atom is -0.387 e. The molecule has 96 valence electrons. The van der Waals surface area contributed by atoms with E-state index in [1.54, 1.807) is 10.8 Å². The molecule has 0 spiro atoms. The Bertz CT molecular complexity index is 406. The molecule has 17 heavy (non-hydrogen) atoms. The van der Waals surface area contributed by atoms with Gasteiger partial charge in [0.25, 0.3) is 5.91 Å². The van der Waals surface area contributed by atoms with Gasteiger partial charge in [-0.2, -0.15) is 0 Å². The van der Waals surface area contributed by atoms with Gasteiger partial charge in [-0.3, -0.25) is 4.79 Å². The quantitative estimate of drug-likeness (QED) is 0.811. The van der Waals surface area contributed by atoms with E-state index in [4.69, 9.17) is 5.73 Å². The molecule has 5 nitrogen and oxygen atoms in total. The molecular formula is C12H21N3O2. The van der Waals surface area contributed by atoms with Gasteiger partial charge in [0.15, 0.2) is 5.82 Å². The number of carbonyl (C=O) groups is 1. The number of hydrogen-bond acceptors (Lipinski definition) is 3. The first-order chi connectivity index (χ1) is 7.80. The molecule has 5 heteroatoms. The Kier molecular flexibility index (Phi) is 3.62. The largest absolute Gasteiger partial charge is 0.387 e. The van der Waals surface area contributed by atoms with Crippen LogP contribution in [0.1, 0.15) is 51.2 Å². The van der Waals surface area contributed by atoms with Crippen molar-refractivity contribution in [3.63, 3.8) is 0 Å². The van der Waals surface area contributed by atoms with Crippen LogP contribution in [0.15, 0.2) is 12.4 Å². The summed E-state index contributed by atoms with van der Waals surface area (Å²) in [5, 5.41) is 10.6. The Morgan fingerprint density at radius 1 is 1.47 bits per heavy atom. The summed E-state index contributed by atoms with van der Waals surface area (Å²) in [6.07, 6.45) is 4.38. The van der Waals surface area contributed by atoms with Crippen LogP contribution in [0.25, 0.3) is 0 Å². The summed E-state index contributed by atoms with van der Waals surface area (Å²) in [5.41, 5.74) is 3.73. The number of aromatic nitrogens is 2. The van der Waals surface area contributed by atoms with Gasteiger partial charge in [0.1, 0.15) is 0 Å². The van der Waals surface area contributed by atoms with Gasteiger partial charge in [-0.15, -0.1) is 0 Å². The van der Waals surface area contributed by atoms with Gasteiger partial charge in [0.05, 0.1) is 11.1 Å². The molecule has 0 aliphatic heterocycles. The molecule has 1 aromatic heterocycles. The Morgan fingerprint density at radius 3 is 2.41 bits per heavy atom. The standard InChI is InChI=1S/C12H21N3O2/c1-5-12(17,6-2)11(3,4)15-8-7-14-10(15)9(13)16/h7-8,17H,5-6H2,1-4H3,(H2,13,16). The highest BCUT2D eigenvalue weighted by Crippen LogP contribution is 2.35. The van der Waals surface area contributed by atoms with Crippen LogP contribution in [-0.4, -0.2) is 26.2 Å². The molecule has 0 bridgehead atoms. The summed E-state index contributed by atoms with van der Waals surface area (Å²) < 4.78 is 1.66. The van der Waals surface area contributed by atoms with Crippen LogP contribution in [0, 0.1) is 0 Å². The van der Waals surface area contributed by atoms with E-state index in [1.165, 1.54) is 6.20 Å². The van der Waals surface area contributed by atoms with E-state index in [-0.39, 0.29) is 5.82 Å². The maximum atomic E-state index is 11.3. The van der Waals surface area contributed by atoms with E-state index in [9.17, 15) is 9.90 Å². The molecule has 0 saturated carbocycles. The van der Waals surface area contributed by atoms with Crippen LogP contribution in [0.5, 0.6) is 0 Å². The van der Waals surface area contributed by atoms with Gasteiger partial charge in [-0.1, -0.05) is 13.8 Å². The van der Waals surface area contributed by atoms with Crippen molar-refractivity contribution in [2.24, 2.45) is 5.73 Å². The van der Waals surface area contributed by atoms with E-state index < -0.39 is 17.0 Å². The van der Waals surface area contributed by atoms with Crippen LogP contribution >= 0.6 is 0 Å². The zero-order chi connectivity index (χ0) is 13.3. The summed E-state index contributed by atoms with van der Waals surface area (Å²) >= 11 is 0. The molecule has 1 rings (SSSR count). The normalized spacial score (nSPS) is 12.8. The topological polar surface area (TPSA) is 81.1 Å². The lowest BCUT2D eigenvalue weighted by atomic mass is 9.78. The van der Waals surface area contributed by atoms with Gasteiger partial charge in [0.2, 0.25) is 0 Å². The lowest BCUT2D eigenvalue weighted by Gasteiger charge is -2.43. The Labute approximate surface area is 102 Å². The fourth-order valence-electron chi connectivity index (χ4n) is 2.28. The number of primary amides is 1. The maximum Gasteiger partial charge on any atom is 0.284 e. The van der Waals surface area contributed by atoms with Crippen molar-refractivity contribution in [2.75, 3.05) is 0 Å². The summed E-state index contributed by atoms with van der Waals surface area (Å²) in [6, 6.07) is 0. The minimum absolute atomic E-state index is 0.176. The van der Waals surface area contributed by atoms with Crippen molar-refractivity contribution in [3.05, 3.63) is 18.2 Å². The second-order valence-corrected chi connectivity index (χ2v) is 4.78. The van der Waals surface area contributed by atoms with Crippen molar-refractivity contribution < 1.29 is 9.90 Å². The van der Waals surface area contributed by atoms with Crippen LogP contribution < -0.4 is 5.73 Å². The van der Waals surface area contributed by atoms with Crippen molar-refractivity contribution in [1.29, 1.82) is 0 Å². The Morgan fingerprint density at radius 2 is 2.00 bits per heavy atom. The van der Waals surface area contributed by atoms with Gasteiger partial charge in [-0.05, 0) is 26.7 Å². The second-order valence-electron chi connectivity index (χ2n) is 4.78. The first-order valence-corrected chi connectivity index (χ1v) is 5.86. The number of hydrogen-bond donors (Lipinski definition) is 2. The van der Waals surface area contributed by atoms with Crippen molar-refractivity contribution in [2.45, 2.75) is 51.7 Å². The molecule has 1 amide bonds. The van der Waals surface area contributed by atoms with Crippen LogP contribution in [-0.2, 0) is 5.54 Å². The molecule has 3 N–H and O–H groups in total. The van der Waals surface area contributed by atoms with E-state index in [0.29, 0.717) is 12.8 Å². The maximum absolute atomic E-state index is 11.3. The molecule has 0 aromatic carbocycles. The minimum atomic E-state index is -0.905. The smallest absolute Gasteiger partial charge is 0.284 e. The van der Waals surface area contributed by atoms with Gasteiger partial charge in [-0.25, -0.2) is 4.98 Å². The highest BCUT2D eigenvalue weighted by Gasteiger charge is 2.43. The predicted octanol–water partition coefficient (Wildman–Crippen LogP) is 1.27. The van der Waals surface area contributed by atoms with Gasteiger partial charge >= 0.3 is 0 Å². The average molecular weight is 239 g/mol. The Hall–Kier alpha value is -1.36. The number of imidazole rings is 1. The number of carbonyl (C=O) groups excluding carboxylic acids is 1. The number of rotatable bonds is 5. The molecule has 0 aliphatic carbocycles. The number of nitrogens with zero attached hydrogens (tertiary/aromatic N) is 2. The molecule has 0 atom stereocenters. The number of aliphatic hydroxyl groups is 1. The van der Waals surface area contributed by atoms with E-state index >= 15 is 0 Å². The zero-order valence-electron chi connectivity index (χ0n) is 10.9. The fraction of sp³-hybridized carbons (Fsp3) is 0.667. The lowest BCUT2D eigenvalue weighted by Crippen LogP contribution is -2.51. The predicted molar refractivity (Wildman–Crippen MR) is 65.6 cm³/mol. The van der Waals surface area contributed by atoms with E-state index in [1.807, 2.05) is 27.7 Å². The molecule has 0 unspecified atom stereocenters. The molecule has 0 radical (unpaired) electrons. The Balaban J connectivity index is 3.30. The highest BCUT2D eigenvalue weighted by molar-refractivity contribution is 5.89. The molecular weight excluding hydrogens is 218 g/mol. The fourth-order valence-corrected chi connectivity index (χ4v) is 2.28. The van der Waals surface area contributed by atoms with Crippen molar-refractivity contribution in [3.8, 4) is 0 Å². The third-order valence-electron chi connectivity index (χ3n) is 3.77. The summed E-state index contributed by atoms with van der Waals surface area (Å²) in [6.45, 7) is 7.61. The van der Waals surface area contributed by atoms with Crippen LogP contribution in [0.4, 0.5) is 0 Å². The van der Waals surface area contributed by atoms with Gasteiger partial charge in [0, 0.05) is 12.4 Å². The first-order valence-electron chi connectivity index (χ1n) is 5.86. The monoisotopic (exact) mass is 239 g/mol. The van der Waals surface area contributed by atoms with Crippen molar-refractivity contribution in [1.82, 2.24) is 9.55 Å². The zero-order valence-corrected chi connectivity index (χ0v) is 10.9. The third-order valence-corrected chi connectivity index (χ3v) is 3.77. The lowest BCUT2D eigenvalue weighted by molar-refractivity contribution is -0.0653. The van der Waals surface area contributed by atoms with Crippen LogP contribution in [0.3, 0.4) is 0 Å². The summed E-state index contributed by atoms with van der Waals surface area (Å²) in [5.74, 6) is -0.409. The van der Waals surface area contributed by atoms with E-state index in [2.05, 4.69) is 4.98 Å². The number of amides is 1. The molecule has 1 heterocycles. The first kappa shape index (κ1) is 13.7.